The van der Waals surface area contributed by atoms with Crippen LogP contribution in [0.4, 0.5) is 0 Å². The largest absolute Gasteiger partial charge is 0.371 e. The Kier molecular flexibility index (Phi) is 4.69. The number of rotatable bonds is 6. The van der Waals surface area contributed by atoms with Crippen LogP contribution in [0, 0.1) is 0 Å². The maximum absolute atomic E-state index is 11.8. The van der Waals surface area contributed by atoms with Crippen molar-refractivity contribution in [3.63, 3.8) is 0 Å². The normalized spacial score (nSPS) is 14.4. The van der Waals surface area contributed by atoms with E-state index < -0.39 is 5.60 Å². The maximum atomic E-state index is 11.8. The summed E-state index contributed by atoms with van der Waals surface area (Å²) in [4.78, 5) is 11.8. The van der Waals surface area contributed by atoms with Gasteiger partial charge < -0.3 is 4.74 Å². The van der Waals surface area contributed by atoms with Crippen LogP contribution in [0.3, 0.4) is 0 Å². The van der Waals surface area contributed by atoms with Gasteiger partial charge in [0, 0.05) is 13.5 Å². The predicted molar refractivity (Wildman–Crippen MR) is 65.5 cm³/mol. The molecule has 0 spiro atoms. The second-order valence-corrected chi connectivity index (χ2v) is 4.20. The molecular weight excluding hydrogens is 200 g/mol. The number of ketones is 1. The van der Waals surface area contributed by atoms with Crippen LogP contribution in [0.25, 0.3) is 0 Å². The Hall–Kier alpha value is -1.15. The monoisotopic (exact) mass is 220 g/mol. The van der Waals surface area contributed by atoms with E-state index in [0.717, 1.165) is 12.8 Å². The molecule has 0 saturated heterocycles. The molecule has 2 heteroatoms. The SMILES string of the molecule is CCC(=O)C(C)(CCc1ccccc1)OC. The number of aryl methyl sites for hydroxylation is 1. The lowest BCUT2D eigenvalue weighted by Gasteiger charge is -2.26. The van der Waals surface area contributed by atoms with Gasteiger partial charge in [-0.3, -0.25) is 4.79 Å². The maximum Gasteiger partial charge on any atom is 0.164 e. The molecule has 1 aromatic rings. The van der Waals surface area contributed by atoms with Gasteiger partial charge in [-0.2, -0.15) is 0 Å². The van der Waals surface area contributed by atoms with Gasteiger partial charge in [0.1, 0.15) is 5.60 Å². The Balaban J connectivity index is 2.62. The van der Waals surface area contributed by atoms with Crippen LogP contribution in [0.5, 0.6) is 0 Å². The van der Waals surface area contributed by atoms with E-state index in [1.54, 1.807) is 7.11 Å². The van der Waals surface area contributed by atoms with E-state index in [-0.39, 0.29) is 5.78 Å². The molecule has 0 fully saturated rings. The van der Waals surface area contributed by atoms with Gasteiger partial charge in [-0.15, -0.1) is 0 Å². The lowest BCUT2D eigenvalue weighted by molar-refractivity contribution is -0.139. The number of carbonyl (C=O) groups excluding carboxylic acids is 1. The van der Waals surface area contributed by atoms with Crippen molar-refractivity contribution in [1.29, 1.82) is 0 Å². The molecule has 0 aliphatic heterocycles. The fraction of sp³-hybridized carbons (Fsp3) is 0.500. The van der Waals surface area contributed by atoms with E-state index in [4.69, 9.17) is 4.74 Å². The van der Waals surface area contributed by atoms with Crippen molar-refractivity contribution in [3.8, 4) is 0 Å². The topological polar surface area (TPSA) is 26.3 Å². The number of methoxy groups -OCH3 is 1. The standard InChI is InChI=1S/C14H20O2/c1-4-13(15)14(2,16-3)11-10-12-8-6-5-7-9-12/h5-9H,4,10-11H2,1-3H3. The highest BCUT2D eigenvalue weighted by atomic mass is 16.5. The number of hydrogen-bond acceptors (Lipinski definition) is 2. The van der Waals surface area contributed by atoms with Crippen molar-refractivity contribution in [1.82, 2.24) is 0 Å². The highest BCUT2D eigenvalue weighted by molar-refractivity contribution is 5.86. The Morgan fingerprint density at radius 2 is 1.94 bits per heavy atom. The molecule has 1 atom stereocenters. The van der Waals surface area contributed by atoms with E-state index in [0.29, 0.717) is 6.42 Å². The summed E-state index contributed by atoms with van der Waals surface area (Å²) in [6.45, 7) is 3.75. The Morgan fingerprint density at radius 1 is 1.31 bits per heavy atom. The van der Waals surface area contributed by atoms with Crippen molar-refractivity contribution >= 4 is 5.78 Å². The second-order valence-electron chi connectivity index (χ2n) is 4.20. The number of ether oxygens (including phenoxy) is 1. The highest BCUT2D eigenvalue weighted by Gasteiger charge is 2.30. The Labute approximate surface area is 97.6 Å². The molecule has 0 aliphatic carbocycles. The molecule has 88 valence electrons. The first-order valence-corrected chi connectivity index (χ1v) is 5.74. The highest BCUT2D eigenvalue weighted by Crippen LogP contribution is 2.20. The fourth-order valence-corrected chi connectivity index (χ4v) is 1.76. The van der Waals surface area contributed by atoms with Gasteiger partial charge in [-0.1, -0.05) is 37.3 Å². The smallest absolute Gasteiger partial charge is 0.164 e. The second kappa shape index (κ2) is 5.80. The quantitative estimate of drug-likeness (QED) is 0.736. The molecule has 2 nitrogen and oxygen atoms in total. The van der Waals surface area contributed by atoms with Crippen LogP contribution >= 0.6 is 0 Å². The summed E-state index contributed by atoms with van der Waals surface area (Å²) in [5, 5.41) is 0. The molecule has 0 saturated carbocycles. The number of Topliss-reactive ketones (excluding diaryl/α,β-unsaturated/α-hetero) is 1. The molecule has 0 N–H and O–H groups in total. The summed E-state index contributed by atoms with van der Waals surface area (Å²) in [7, 11) is 1.61. The molecule has 0 heterocycles. The third-order valence-corrected chi connectivity index (χ3v) is 3.10. The molecule has 0 radical (unpaired) electrons. The number of hydrogen-bond donors (Lipinski definition) is 0. The predicted octanol–water partition coefficient (Wildman–Crippen LogP) is 3.00. The van der Waals surface area contributed by atoms with Gasteiger partial charge in [0.25, 0.3) is 0 Å². The zero-order valence-corrected chi connectivity index (χ0v) is 10.3. The number of benzene rings is 1. The molecule has 0 aromatic heterocycles. The summed E-state index contributed by atoms with van der Waals surface area (Å²) in [5.74, 6) is 0.172. The van der Waals surface area contributed by atoms with E-state index >= 15 is 0 Å². The molecule has 0 amide bonds. The van der Waals surface area contributed by atoms with Crippen LogP contribution in [-0.2, 0) is 16.0 Å². The molecule has 1 unspecified atom stereocenters. The lowest BCUT2D eigenvalue weighted by atomic mass is 9.91. The Morgan fingerprint density at radius 3 is 2.44 bits per heavy atom. The van der Waals surface area contributed by atoms with Gasteiger partial charge in [-0.25, -0.2) is 0 Å². The third-order valence-electron chi connectivity index (χ3n) is 3.10. The molecule has 0 bridgehead atoms. The minimum absolute atomic E-state index is 0.172. The van der Waals surface area contributed by atoms with Gasteiger partial charge in [0.2, 0.25) is 0 Å². The average Bonchev–Trinajstić information content (AvgIpc) is 2.36. The molecule has 0 aliphatic rings. The first kappa shape index (κ1) is 12.9. The van der Waals surface area contributed by atoms with Crippen LogP contribution in [-0.4, -0.2) is 18.5 Å². The van der Waals surface area contributed by atoms with E-state index in [2.05, 4.69) is 12.1 Å². The number of carbonyl (C=O) groups is 1. The zero-order chi connectivity index (χ0) is 12.0. The molecular formula is C14H20O2. The van der Waals surface area contributed by atoms with Crippen molar-refractivity contribution in [2.75, 3.05) is 7.11 Å². The van der Waals surface area contributed by atoms with Crippen molar-refractivity contribution < 1.29 is 9.53 Å². The van der Waals surface area contributed by atoms with Crippen LogP contribution in [0.1, 0.15) is 32.3 Å². The zero-order valence-electron chi connectivity index (χ0n) is 10.3. The van der Waals surface area contributed by atoms with E-state index in [1.807, 2.05) is 32.0 Å². The van der Waals surface area contributed by atoms with Gasteiger partial charge in [0.05, 0.1) is 0 Å². The average molecular weight is 220 g/mol. The molecule has 16 heavy (non-hydrogen) atoms. The van der Waals surface area contributed by atoms with Crippen LogP contribution < -0.4 is 0 Å². The van der Waals surface area contributed by atoms with Crippen molar-refractivity contribution in [2.24, 2.45) is 0 Å². The van der Waals surface area contributed by atoms with Crippen LogP contribution in [0.15, 0.2) is 30.3 Å². The van der Waals surface area contributed by atoms with Gasteiger partial charge in [-0.05, 0) is 25.3 Å². The fourth-order valence-electron chi connectivity index (χ4n) is 1.76. The lowest BCUT2D eigenvalue weighted by Crippen LogP contribution is -2.37. The van der Waals surface area contributed by atoms with E-state index in [1.165, 1.54) is 5.56 Å². The summed E-state index contributed by atoms with van der Waals surface area (Å²) in [6.07, 6.45) is 2.14. The summed E-state index contributed by atoms with van der Waals surface area (Å²) >= 11 is 0. The van der Waals surface area contributed by atoms with E-state index in [9.17, 15) is 4.79 Å². The third kappa shape index (κ3) is 3.17. The first-order chi connectivity index (χ1) is 7.62. The van der Waals surface area contributed by atoms with Crippen molar-refractivity contribution in [2.45, 2.75) is 38.7 Å². The summed E-state index contributed by atoms with van der Waals surface area (Å²) < 4.78 is 5.36. The van der Waals surface area contributed by atoms with Crippen LogP contribution in [0.2, 0.25) is 0 Å². The summed E-state index contributed by atoms with van der Waals surface area (Å²) in [5.41, 5.74) is 0.611. The summed E-state index contributed by atoms with van der Waals surface area (Å²) in [6, 6.07) is 10.2. The molecule has 1 aromatic carbocycles. The molecule has 1 rings (SSSR count). The van der Waals surface area contributed by atoms with Gasteiger partial charge in [0.15, 0.2) is 5.78 Å². The first-order valence-electron chi connectivity index (χ1n) is 5.74. The van der Waals surface area contributed by atoms with Gasteiger partial charge >= 0.3 is 0 Å². The van der Waals surface area contributed by atoms with Crippen molar-refractivity contribution in [3.05, 3.63) is 35.9 Å². The minimum Gasteiger partial charge on any atom is -0.371 e. The minimum atomic E-state index is -0.634. The Bertz CT molecular complexity index is 332.